The highest BCUT2D eigenvalue weighted by molar-refractivity contribution is 6.31. The molecule has 1 heterocycles. The molecule has 2 aromatic carbocycles. The highest BCUT2D eigenvalue weighted by Gasteiger charge is 2.46. The standard InChI is InChI=1S/C20H20Cl2N2O3/c1-3-27-19(25)20(26)12-24(17-11-16(22)8-7-13(17)2)18(23-20)10-14-5-4-6-15(21)9-14/h4-9,11,26H,3,10,12H2,1-2H3. The third kappa shape index (κ3) is 4.26. The molecule has 1 aliphatic rings. The van der Waals surface area contributed by atoms with E-state index in [0.717, 1.165) is 16.8 Å². The first-order chi connectivity index (χ1) is 12.8. The topological polar surface area (TPSA) is 62.1 Å². The molecule has 142 valence electrons. The quantitative estimate of drug-likeness (QED) is 0.761. The van der Waals surface area contributed by atoms with Gasteiger partial charge in [0.25, 0.3) is 5.72 Å². The van der Waals surface area contributed by atoms with Crippen LogP contribution in [0.4, 0.5) is 5.69 Å². The number of β-amino-alcohol motifs (C(OH)–C–C–N with tert-alkyl or cyclic N) is 1. The van der Waals surface area contributed by atoms with Gasteiger partial charge in [-0.1, -0.05) is 41.4 Å². The molecule has 0 spiro atoms. The van der Waals surface area contributed by atoms with E-state index in [0.29, 0.717) is 22.3 Å². The van der Waals surface area contributed by atoms with Gasteiger partial charge in [0.05, 0.1) is 13.2 Å². The molecule has 3 rings (SSSR count). The number of halogens is 2. The van der Waals surface area contributed by atoms with Crippen LogP contribution in [0.15, 0.2) is 47.5 Å². The number of amidine groups is 1. The number of nitrogens with zero attached hydrogens (tertiary/aromatic N) is 2. The molecule has 0 amide bonds. The first-order valence-corrected chi connectivity index (χ1v) is 9.34. The van der Waals surface area contributed by atoms with E-state index in [-0.39, 0.29) is 13.2 Å². The van der Waals surface area contributed by atoms with Crippen molar-refractivity contribution in [2.45, 2.75) is 26.0 Å². The summed E-state index contributed by atoms with van der Waals surface area (Å²) in [7, 11) is 0. The van der Waals surface area contributed by atoms with Gasteiger partial charge >= 0.3 is 5.97 Å². The number of aliphatic imine (C=N–C) groups is 1. The van der Waals surface area contributed by atoms with Crippen LogP contribution < -0.4 is 4.90 Å². The van der Waals surface area contributed by atoms with E-state index in [1.807, 2.05) is 31.2 Å². The van der Waals surface area contributed by atoms with Crippen LogP contribution in [-0.2, 0) is 16.0 Å². The number of carbonyl (C=O) groups is 1. The molecular formula is C20H20Cl2N2O3. The minimum absolute atomic E-state index is 0.0388. The minimum Gasteiger partial charge on any atom is -0.462 e. The Morgan fingerprint density at radius 2 is 2.00 bits per heavy atom. The zero-order chi connectivity index (χ0) is 19.6. The third-order valence-corrected chi connectivity index (χ3v) is 4.79. The Kier molecular flexibility index (Phi) is 5.75. The number of ether oxygens (including phenoxy) is 1. The van der Waals surface area contributed by atoms with Gasteiger partial charge < -0.3 is 14.7 Å². The molecule has 7 heteroatoms. The smallest absolute Gasteiger partial charge is 0.363 e. The lowest BCUT2D eigenvalue weighted by Gasteiger charge is -2.25. The second-order valence-electron chi connectivity index (χ2n) is 6.39. The number of esters is 1. The Hall–Kier alpha value is -2.08. The molecule has 1 unspecified atom stereocenters. The summed E-state index contributed by atoms with van der Waals surface area (Å²) in [4.78, 5) is 18.4. The maximum absolute atomic E-state index is 12.3. The van der Waals surface area contributed by atoms with Crippen LogP contribution in [0.5, 0.6) is 0 Å². The highest BCUT2D eigenvalue weighted by atomic mass is 35.5. The molecule has 0 radical (unpaired) electrons. The van der Waals surface area contributed by atoms with Crippen molar-refractivity contribution < 1.29 is 14.6 Å². The molecule has 1 aliphatic heterocycles. The summed E-state index contributed by atoms with van der Waals surface area (Å²) in [6.07, 6.45) is 0.397. The Bertz CT molecular complexity index is 901. The first kappa shape index (κ1) is 19.7. The van der Waals surface area contributed by atoms with Crippen LogP contribution in [-0.4, -0.2) is 35.8 Å². The minimum atomic E-state index is -1.96. The predicted molar refractivity (Wildman–Crippen MR) is 108 cm³/mol. The zero-order valence-corrected chi connectivity index (χ0v) is 16.6. The van der Waals surface area contributed by atoms with Gasteiger partial charge in [-0.05, 0) is 49.2 Å². The van der Waals surface area contributed by atoms with E-state index in [2.05, 4.69) is 4.99 Å². The molecule has 0 fully saturated rings. The van der Waals surface area contributed by atoms with Gasteiger partial charge in [0.15, 0.2) is 0 Å². The van der Waals surface area contributed by atoms with Crippen molar-refractivity contribution in [1.82, 2.24) is 0 Å². The summed E-state index contributed by atoms with van der Waals surface area (Å²) in [6, 6.07) is 12.8. The molecule has 0 saturated heterocycles. The van der Waals surface area contributed by atoms with E-state index < -0.39 is 11.7 Å². The number of aliphatic hydroxyl groups is 1. The van der Waals surface area contributed by atoms with Crippen molar-refractivity contribution in [2.75, 3.05) is 18.1 Å². The van der Waals surface area contributed by atoms with E-state index in [1.165, 1.54) is 0 Å². The SMILES string of the molecule is CCOC(=O)C1(O)CN(c2cc(Cl)ccc2C)C(Cc2cccc(Cl)c2)=N1. The second kappa shape index (κ2) is 7.89. The fourth-order valence-electron chi connectivity index (χ4n) is 3.04. The molecule has 0 aromatic heterocycles. The predicted octanol–water partition coefficient (Wildman–Crippen LogP) is 4.01. The van der Waals surface area contributed by atoms with Crippen molar-refractivity contribution in [2.24, 2.45) is 4.99 Å². The Balaban J connectivity index is 2.01. The lowest BCUT2D eigenvalue weighted by molar-refractivity contribution is -0.162. The Morgan fingerprint density at radius 3 is 2.70 bits per heavy atom. The molecule has 2 aromatic rings. The van der Waals surface area contributed by atoms with Gasteiger partial charge in [-0.3, -0.25) is 0 Å². The highest BCUT2D eigenvalue weighted by Crippen LogP contribution is 2.32. The molecule has 0 bridgehead atoms. The number of anilines is 1. The summed E-state index contributed by atoms with van der Waals surface area (Å²) in [5, 5.41) is 12.0. The van der Waals surface area contributed by atoms with Gasteiger partial charge in [-0.15, -0.1) is 0 Å². The van der Waals surface area contributed by atoms with Crippen molar-refractivity contribution >= 4 is 40.7 Å². The van der Waals surface area contributed by atoms with E-state index in [1.54, 1.807) is 30.0 Å². The molecule has 0 saturated carbocycles. The molecule has 5 nitrogen and oxygen atoms in total. The summed E-state index contributed by atoms with van der Waals surface area (Å²) in [6.45, 7) is 3.75. The summed E-state index contributed by atoms with van der Waals surface area (Å²) in [5.74, 6) is -0.228. The van der Waals surface area contributed by atoms with E-state index in [4.69, 9.17) is 27.9 Å². The molecule has 1 N–H and O–H groups in total. The maximum atomic E-state index is 12.3. The number of benzene rings is 2. The maximum Gasteiger partial charge on any atom is 0.363 e. The molecule has 0 aliphatic carbocycles. The Morgan fingerprint density at radius 1 is 1.26 bits per heavy atom. The number of hydrogen-bond acceptors (Lipinski definition) is 5. The second-order valence-corrected chi connectivity index (χ2v) is 7.26. The van der Waals surface area contributed by atoms with Crippen LogP contribution in [0.25, 0.3) is 0 Å². The summed E-state index contributed by atoms with van der Waals surface area (Å²) < 4.78 is 5.01. The number of rotatable bonds is 5. The lowest BCUT2D eigenvalue weighted by atomic mass is 10.1. The normalized spacial score (nSPS) is 19.1. The van der Waals surface area contributed by atoms with Crippen LogP contribution in [0.1, 0.15) is 18.1 Å². The summed E-state index contributed by atoms with van der Waals surface area (Å²) >= 11 is 12.3. The molecule has 1 atom stereocenters. The molecular weight excluding hydrogens is 387 g/mol. The largest absolute Gasteiger partial charge is 0.462 e. The van der Waals surface area contributed by atoms with Crippen LogP contribution in [0.2, 0.25) is 10.0 Å². The monoisotopic (exact) mass is 406 g/mol. The van der Waals surface area contributed by atoms with Gasteiger partial charge in [0.2, 0.25) is 0 Å². The van der Waals surface area contributed by atoms with Crippen molar-refractivity contribution in [3.8, 4) is 0 Å². The number of hydrogen-bond donors (Lipinski definition) is 1. The fraction of sp³-hybridized carbons (Fsp3) is 0.300. The van der Waals surface area contributed by atoms with Crippen LogP contribution >= 0.6 is 23.2 Å². The van der Waals surface area contributed by atoms with Gasteiger partial charge in [-0.25, -0.2) is 9.79 Å². The van der Waals surface area contributed by atoms with Gasteiger partial charge in [0.1, 0.15) is 5.84 Å². The third-order valence-electron chi connectivity index (χ3n) is 4.32. The molecule has 27 heavy (non-hydrogen) atoms. The average Bonchev–Trinajstić information content (AvgIpc) is 2.95. The van der Waals surface area contributed by atoms with Crippen molar-refractivity contribution in [1.29, 1.82) is 0 Å². The van der Waals surface area contributed by atoms with Crippen LogP contribution in [0.3, 0.4) is 0 Å². The summed E-state index contributed by atoms with van der Waals surface area (Å²) in [5.41, 5.74) is 0.687. The van der Waals surface area contributed by atoms with Crippen molar-refractivity contribution in [3.63, 3.8) is 0 Å². The Labute approximate surface area is 168 Å². The van der Waals surface area contributed by atoms with Gasteiger partial charge in [-0.2, -0.15) is 0 Å². The average molecular weight is 407 g/mol. The number of aryl methyl sites for hydroxylation is 1. The zero-order valence-electron chi connectivity index (χ0n) is 15.1. The van der Waals surface area contributed by atoms with E-state index >= 15 is 0 Å². The van der Waals surface area contributed by atoms with Crippen LogP contribution in [0, 0.1) is 6.92 Å². The lowest BCUT2D eigenvalue weighted by Crippen LogP contribution is -2.44. The van der Waals surface area contributed by atoms with E-state index in [9.17, 15) is 9.90 Å². The first-order valence-electron chi connectivity index (χ1n) is 8.59. The number of carbonyl (C=O) groups excluding carboxylic acids is 1. The van der Waals surface area contributed by atoms with Crippen molar-refractivity contribution in [3.05, 3.63) is 63.6 Å². The fourth-order valence-corrected chi connectivity index (χ4v) is 3.42. The van der Waals surface area contributed by atoms with Gasteiger partial charge in [0, 0.05) is 22.2 Å².